The summed E-state index contributed by atoms with van der Waals surface area (Å²) < 4.78 is 26.7. The number of carboxylic acids is 1. The molecule has 0 unspecified atom stereocenters. The zero-order valence-electron chi connectivity index (χ0n) is 10.7. The van der Waals surface area contributed by atoms with E-state index in [1.807, 2.05) is 0 Å². The van der Waals surface area contributed by atoms with Crippen LogP contribution in [0.2, 0.25) is 15.1 Å². The van der Waals surface area contributed by atoms with Crippen molar-refractivity contribution in [1.29, 1.82) is 0 Å². The number of rotatable bonds is 5. The van der Waals surface area contributed by atoms with Gasteiger partial charge in [0.15, 0.2) is 5.13 Å². The molecule has 7 nitrogen and oxygen atoms in total. The van der Waals surface area contributed by atoms with E-state index in [1.165, 1.54) is 12.1 Å². The molecule has 0 radical (unpaired) electrons. The number of thiazole rings is 1. The minimum atomic E-state index is -4.21. The van der Waals surface area contributed by atoms with Gasteiger partial charge in [-0.3, -0.25) is 9.52 Å². The van der Waals surface area contributed by atoms with Gasteiger partial charge in [0.1, 0.15) is 10.6 Å². The van der Waals surface area contributed by atoms with Crippen LogP contribution in [0.25, 0.3) is 0 Å². The van der Waals surface area contributed by atoms with E-state index in [0.29, 0.717) is 0 Å². The standard InChI is InChI=1S/C11H5Cl3N2O5S2/c12-4-1-5(13)9(6(14)2-4)23(20,21)16-11-15-7(3-22-11)8(17)10(18)19/h1-3H,(H,15,16)(H,18,19). The van der Waals surface area contributed by atoms with Crippen molar-refractivity contribution in [3.05, 3.63) is 38.3 Å². The van der Waals surface area contributed by atoms with E-state index in [4.69, 9.17) is 39.9 Å². The van der Waals surface area contributed by atoms with Crippen molar-refractivity contribution in [2.75, 3.05) is 4.72 Å². The molecule has 1 aromatic heterocycles. The Labute approximate surface area is 148 Å². The summed E-state index contributed by atoms with van der Waals surface area (Å²) in [5, 5.41) is 9.24. The molecule has 2 aromatic rings. The monoisotopic (exact) mass is 414 g/mol. The maximum absolute atomic E-state index is 12.3. The van der Waals surface area contributed by atoms with E-state index in [9.17, 15) is 18.0 Å². The number of ketones is 1. The Balaban J connectivity index is 2.37. The van der Waals surface area contributed by atoms with Crippen LogP contribution >= 0.6 is 46.1 Å². The molecule has 0 saturated heterocycles. The third-order valence-electron chi connectivity index (χ3n) is 2.38. The van der Waals surface area contributed by atoms with Crippen LogP contribution in [-0.4, -0.2) is 30.3 Å². The van der Waals surface area contributed by atoms with Crippen molar-refractivity contribution in [3.63, 3.8) is 0 Å². The largest absolute Gasteiger partial charge is 0.475 e. The molecule has 0 aliphatic heterocycles. The number of aliphatic carboxylic acids is 1. The first-order valence-corrected chi connectivity index (χ1v) is 9.02. The first kappa shape index (κ1) is 18.0. The van der Waals surface area contributed by atoms with Crippen LogP contribution in [0.4, 0.5) is 5.13 Å². The third kappa shape index (κ3) is 3.93. The molecular formula is C11H5Cl3N2O5S2. The molecule has 0 aliphatic carbocycles. The number of benzene rings is 1. The summed E-state index contributed by atoms with van der Waals surface area (Å²) >= 11 is 18.1. The van der Waals surface area contributed by atoms with Crippen molar-refractivity contribution in [3.8, 4) is 0 Å². The van der Waals surface area contributed by atoms with Gasteiger partial charge in [-0.1, -0.05) is 34.8 Å². The average Bonchev–Trinajstić information content (AvgIpc) is 2.83. The number of nitrogens with one attached hydrogen (secondary N) is 1. The molecule has 1 heterocycles. The van der Waals surface area contributed by atoms with Crippen molar-refractivity contribution in [2.24, 2.45) is 0 Å². The second-order valence-electron chi connectivity index (χ2n) is 3.98. The lowest BCUT2D eigenvalue weighted by atomic mass is 10.3. The summed E-state index contributed by atoms with van der Waals surface area (Å²) in [6, 6.07) is 2.40. The topological polar surface area (TPSA) is 113 Å². The molecule has 0 saturated carbocycles. The molecule has 23 heavy (non-hydrogen) atoms. The number of hydrogen-bond donors (Lipinski definition) is 2. The van der Waals surface area contributed by atoms with Gasteiger partial charge >= 0.3 is 5.97 Å². The second kappa shape index (κ2) is 6.62. The predicted octanol–water partition coefficient (Wildman–Crippen LogP) is 3.17. The number of aromatic nitrogens is 1. The summed E-state index contributed by atoms with van der Waals surface area (Å²) in [6.07, 6.45) is 0. The molecule has 0 fully saturated rings. The Kier molecular flexibility index (Phi) is 5.17. The Bertz CT molecular complexity index is 887. The van der Waals surface area contributed by atoms with E-state index in [-0.39, 0.29) is 20.2 Å². The highest BCUT2D eigenvalue weighted by Crippen LogP contribution is 2.34. The molecule has 0 bridgehead atoms. The summed E-state index contributed by atoms with van der Waals surface area (Å²) in [7, 11) is -4.21. The SMILES string of the molecule is O=C(O)C(=O)c1csc(NS(=O)(=O)c2c(Cl)cc(Cl)cc2Cl)n1. The first-order valence-electron chi connectivity index (χ1n) is 5.52. The van der Waals surface area contributed by atoms with Crippen LogP contribution in [0.3, 0.4) is 0 Å². The fourth-order valence-corrected chi connectivity index (χ4v) is 4.98. The van der Waals surface area contributed by atoms with Gasteiger partial charge in [0.05, 0.1) is 10.0 Å². The van der Waals surface area contributed by atoms with E-state index in [1.54, 1.807) is 0 Å². The van der Waals surface area contributed by atoms with Crippen LogP contribution < -0.4 is 4.72 Å². The minimum absolute atomic E-state index is 0.155. The number of Topliss-reactive ketones (excluding diaryl/α,β-unsaturated/α-hetero) is 1. The lowest BCUT2D eigenvalue weighted by molar-refractivity contribution is -0.131. The number of nitrogens with zero attached hydrogens (tertiary/aromatic N) is 1. The number of halogens is 3. The zero-order valence-corrected chi connectivity index (χ0v) is 14.6. The number of hydrogen-bond acceptors (Lipinski definition) is 6. The van der Waals surface area contributed by atoms with Gasteiger partial charge in [-0.15, -0.1) is 11.3 Å². The molecule has 2 rings (SSSR count). The first-order chi connectivity index (χ1) is 10.6. The predicted molar refractivity (Wildman–Crippen MR) is 86.4 cm³/mol. The van der Waals surface area contributed by atoms with Gasteiger partial charge < -0.3 is 5.11 Å². The maximum atomic E-state index is 12.3. The fraction of sp³-hybridized carbons (Fsp3) is 0. The van der Waals surface area contributed by atoms with E-state index in [2.05, 4.69) is 9.71 Å². The molecule has 0 atom stereocenters. The van der Waals surface area contributed by atoms with Crippen LogP contribution in [0.5, 0.6) is 0 Å². The average molecular weight is 416 g/mol. The minimum Gasteiger partial charge on any atom is -0.475 e. The van der Waals surface area contributed by atoms with Crippen LogP contribution in [0.15, 0.2) is 22.4 Å². The summed E-state index contributed by atoms with van der Waals surface area (Å²) in [6.45, 7) is 0. The zero-order chi connectivity index (χ0) is 17.4. The van der Waals surface area contributed by atoms with E-state index >= 15 is 0 Å². The summed E-state index contributed by atoms with van der Waals surface area (Å²) in [5.74, 6) is -2.96. The van der Waals surface area contributed by atoms with Crippen LogP contribution in [0, 0.1) is 0 Å². The second-order valence-corrected chi connectivity index (χ2v) is 7.70. The molecule has 2 N–H and O–H groups in total. The number of carboxylic acid groups (broad SMARTS) is 1. The number of sulfonamides is 1. The molecule has 1 aromatic carbocycles. The smallest absolute Gasteiger partial charge is 0.378 e. The van der Waals surface area contributed by atoms with Crippen molar-refractivity contribution in [2.45, 2.75) is 4.90 Å². The van der Waals surface area contributed by atoms with Crippen molar-refractivity contribution < 1.29 is 23.1 Å². The Morgan fingerprint density at radius 2 is 1.74 bits per heavy atom. The fourth-order valence-electron chi connectivity index (χ4n) is 1.49. The molecule has 12 heteroatoms. The molecule has 0 amide bonds. The van der Waals surface area contributed by atoms with Crippen molar-refractivity contribution >= 4 is 73.0 Å². The molecule has 0 aliphatic rings. The Morgan fingerprint density at radius 3 is 2.26 bits per heavy atom. The highest BCUT2D eigenvalue weighted by Gasteiger charge is 2.25. The Hall–Kier alpha value is -1.39. The highest BCUT2D eigenvalue weighted by atomic mass is 35.5. The van der Waals surface area contributed by atoms with Gasteiger partial charge in [0.25, 0.3) is 15.8 Å². The van der Waals surface area contributed by atoms with Gasteiger partial charge in [0, 0.05) is 10.4 Å². The lowest BCUT2D eigenvalue weighted by Crippen LogP contribution is -2.15. The molecule has 0 spiro atoms. The molecular weight excluding hydrogens is 411 g/mol. The van der Waals surface area contributed by atoms with E-state index in [0.717, 1.165) is 16.7 Å². The van der Waals surface area contributed by atoms with Crippen LogP contribution in [0.1, 0.15) is 10.5 Å². The van der Waals surface area contributed by atoms with Crippen molar-refractivity contribution in [1.82, 2.24) is 4.98 Å². The van der Waals surface area contributed by atoms with Gasteiger partial charge in [0.2, 0.25) is 0 Å². The number of carbonyl (C=O) groups excluding carboxylic acids is 1. The van der Waals surface area contributed by atoms with Gasteiger partial charge in [-0.25, -0.2) is 18.2 Å². The maximum Gasteiger partial charge on any atom is 0.378 e. The van der Waals surface area contributed by atoms with E-state index < -0.39 is 32.4 Å². The Morgan fingerprint density at radius 1 is 1.17 bits per heavy atom. The highest BCUT2D eigenvalue weighted by molar-refractivity contribution is 7.93. The summed E-state index contributed by atoms with van der Waals surface area (Å²) in [4.78, 5) is 25.0. The van der Waals surface area contributed by atoms with Crippen LogP contribution in [-0.2, 0) is 14.8 Å². The quantitative estimate of drug-likeness (QED) is 0.573. The number of carbonyl (C=O) groups is 2. The van der Waals surface area contributed by atoms with Gasteiger partial charge in [-0.05, 0) is 12.1 Å². The van der Waals surface area contributed by atoms with Gasteiger partial charge in [-0.2, -0.15) is 0 Å². The number of anilines is 1. The molecule has 122 valence electrons. The summed E-state index contributed by atoms with van der Waals surface area (Å²) in [5.41, 5.74) is -0.395. The normalized spacial score (nSPS) is 11.3. The lowest BCUT2D eigenvalue weighted by Gasteiger charge is -2.09. The third-order valence-corrected chi connectivity index (χ3v) is 5.75.